The van der Waals surface area contributed by atoms with Gasteiger partial charge in [0.05, 0.1) is 11.3 Å². The van der Waals surface area contributed by atoms with Crippen molar-refractivity contribution in [2.24, 2.45) is 0 Å². The van der Waals surface area contributed by atoms with Gasteiger partial charge in [-0.1, -0.05) is 72.4 Å². The Balaban J connectivity index is 1.35. The summed E-state index contributed by atoms with van der Waals surface area (Å²) in [5.41, 5.74) is 3.88. The van der Waals surface area contributed by atoms with Gasteiger partial charge >= 0.3 is 0 Å². The van der Waals surface area contributed by atoms with Crippen molar-refractivity contribution in [2.75, 3.05) is 11.1 Å². The Kier molecular flexibility index (Phi) is 5.14. The van der Waals surface area contributed by atoms with Gasteiger partial charge in [-0.2, -0.15) is 0 Å². The minimum absolute atomic E-state index is 0.174. The van der Waals surface area contributed by atoms with Gasteiger partial charge in [-0.3, -0.25) is 9.59 Å². The zero-order valence-electron chi connectivity index (χ0n) is 16.6. The van der Waals surface area contributed by atoms with E-state index in [1.165, 1.54) is 0 Å². The van der Waals surface area contributed by atoms with Gasteiger partial charge in [0.15, 0.2) is 10.9 Å². The van der Waals surface area contributed by atoms with Crippen molar-refractivity contribution >= 4 is 29.1 Å². The van der Waals surface area contributed by atoms with Crippen molar-refractivity contribution in [1.82, 2.24) is 9.55 Å². The first kappa shape index (κ1) is 19.3. The van der Waals surface area contributed by atoms with Crippen LogP contribution in [-0.4, -0.2) is 27.0 Å². The molecule has 3 aromatic carbocycles. The number of benzene rings is 3. The zero-order valence-corrected chi connectivity index (χ0v) is 17.4. The molecule has 0 saturated carbocycles. The number of aromatic nitrogens is 2. The number of ketones is 1. The van der Waals surface area contributed by atoms with E-state index in [1.807, 2.05) is 42.5 Å². The van der Waals surface area contributed by atoms with E-state index in [4.69, 9.17) is 0 Å². The molecule has 5 nitrogen and oxygen atoms in total. The molecule has 0 aliphatic carbocycles. The second kappa shape index (κ2) is 8.24. The molecule has 0 radical (unpaired) electrons. The van der Waals surface area contributed by atoms with Gasteiger partial charge in [0, 0.05) is 40.9 Å². The highest BCUT2D eigenvalue weighted by atomic mass is 32.2. The topological polar surface area (TPSA) is 64.0 Å². The van der Waals surface area contributed by atoms with Crippen LogP contribution in [0.1, 0.15) is 26.3 Å². The Morgan fingerprint density at radius 3 is 2.32 bits per heavy atom. The molecule has 2 heterocycles. The number of hydrogen-bond acceptors (Lipinski definition) is 4. The highest BCUT2D eigenvalue weighted by molar-refractivity contribution is 7.99. The van der Waals surface area contributed by atoms with E-state index in [0.717, 1.165) is 28.7 Å². The van der Waals surface area contributed by atoms with E-state index in [1.54, 1.807) is 48.2 Å². The number of imidazole rings is 1. The van der Waals surface area contributed by atoms with Crippen LogP contribution in [0.15, 0.2) is 90.2 Å². The molecule has 31 heavy (non-hydrogen) atoms. The molecule has 1 amide bonds. The molecule has 5 rings (SSSR count). The van der Waals surface area contributed by atoms with Crippen molar-refractivity contribution in [1.29, 1.82) is 0 Å². The lowest BCUT2D eigenvalue weighted by Crippen LogP contribution is -2.16. The number of carbonyl (C=O) groups excluding carboxylic acids is 2. The van der Waals surface area contributed by atoms with E-state index in [0.29, 0.717) is 22.4 Å². The molecule has 0 atom stereocenters. The molecule has 0 spiro atoms. The largest absolute Gasteiger partial charge is 0.325 e. The molecule has 1 aliphatic rings. The van der Waals surface area contributed by atoms with E-state index in [9.17, 15) is 9.59 Å². The van der Waals surface area contributed by atoms with Crippen LogP contribution < -0.4 is 5.32 Å². The van der Waals surface area contributed by atoms with Crippen LogP contribution in [0.3, 0.4) is 0 Å². The summed E-state index contributed by atoms with van der Waals surface area (Å²) >= 11 is 1.76. The number of thioether (sulfide) groups is 1. The van der Waals surface area contributed by atoms with Crippen molar-refractivity contribution in [3.63, 3.8) is 0 Å². The number of fused-ring (bicyclic) bond motifs is 1. The van der Waals surface area contributed by atoms with Crippen LogP contribution in [-0.2, 0) is 6.54 Å². The van der Waals surface area contributed by atoms with Gasteiger partial charge < -0.3 is 9.88 Å². The fraction of sp³-hybridized carbons (Fsp3) is 0.0800. The van der Waals surface area contributed by atoms with Crippen LogP contribution in [0.4, 0.5) is 5.69 Å². The van der Waals surface area contributed by atoms with Crippen molar-refractivity contribution in [3.05, 3.63) is 102 Å². The molecule has 1 N–H and O–H groups in total. The maximum Gasteiger partial charge on any atom is 0.256 e. The Morgan fingerprint density at radius 2 is 1.58 bits per heavy atom. The smallest absolute Gasteiger partial charge is 0.256 e. The second-order valence-corrected chi connectivity index (χ2v) is 8.28. The third-order valence-electron chi connectivity index (χ3n) is 5.19. The van der Waals surface area contributed by atoms with Gasteiger partial charge in [-0.05, 0) is 18.2 Å². The summed E-state index contributed by atoms with van der Waals surface area (Å²) < 4.78 is 2.16. The minimum Gasteiger partial charge on any atom is -0.325 e. The first-order valence-electron chi connectivity index (χ1n) is 9.99. The fourth-order valence-electron chi connectivity index (χ4n) is 3.60. The summed E-state index contributed by atoms with van der Waals surface area (Å²) in [5, 5.41) is 3.95. The number of carbonyl (C=O) groups is 2. The number of nitrogens with zero attached hydrogens (tertiary/aromatic N) is 2. The number of nitrogens with one attached hydrogen (secondary N) is 1. The summed E-state index contributed by atoms with van der Waals surface area (Å²) in [6, 6.07) is 23.5. The molecular weight excluding hydrogens is 406 g/mol. The molecule has 1 aromatic heterocycles. The normalized spacial score (nSPS) is 12.4. The van der Waals surface area contributed by atoms with Crippen LogP contribution >= 0.6 is 11.8 Å². The average molecular weight is 426 g/mol. The summed E-state index contributed by atoms with van der Waals surface area (Å²) in [4.78, 5) is 30.5. The van der Waals surface area contributed by atoms with Gasteiger partial charge in [-0.15, -0.1) is 0 Å². The molecule has 0 bridgehead atoms. The fourth-order valence-corrected chi connectivity index (χ4v) is 4.54. The van der Waals surface area contributed by atoms with Gasteiger partial charge in [-0.25, -0.2) is 4.98 Å². The van der Waals surface area contributed by atoms with Crippen LogP contribution in [0.25, 0.3) is 11.3 Å². The first-order valence-corrected chi connectivity index (χ1v) is 11.0. The zero-order chi connectivity index (χ0) is 21.2. The SMILES string of the molecule is O=C(Nc1ccc(-c2cn3c(n2)SCC3)cc1)c1ccccc1C(=O)c1ccccc1. The standard InChI is InChI=1S/C25H19N3O2S/c29-23(18-6-2-1-3-7-18)20-8-4-5-9-21(20)24(30)26-19-12-10-17(11-13-19)22-16-28-14-15-31-25(28)27-22/h1-13,16H,14-15H2,(H,26,30). The summed E-state index contributed by atoms with van der Waals surface area (Å²) in [6.45, 7) is 0.988. The number of hydrogen-bond donors (Lipinski definition) is 1. The third kappa shape index (κ3) is 3.90. The van der Waals surface area contributed by atoms with Crippen LogP contribution in [0.5, 0.6) is 0 Å². The number of rotatable bonds is 5. The number of amides is 1. The monoisotopic (exact) mass is 425 g/mol. The molecule has 4 aromatic rings. The lowest BCUT2D eigenvalue weighted by Gasteiger charge is -2.10. The molecule has 0 unspecified atom stereocenters. The summed E-state index contributed by atoms with van der Waals surface area (Å²) in [7, 11) is 0. The maximum absolute atomic E-state index is 12.9. The molecule has 6 heteroatoms. The molecule has 0 fully saturated rings. The Hall–Kier alpha value is -3.64. The van der Waals surface area contributed by atoms with Gasteiger partial charge in [0.2, 0.25) is 0 Å². The van der Waals surface area contributed by atoms with E-state index in [-0.39, 0.29) is 11.7 Å². The minimum atomic E-state index is -0.315. The van der Waals surface area contributed by atoms with E-state index in [2.05, 4.69) is 21.1 Å². The average Bonchev–Trinajstić information content (AvgIpc) is 3.42. The third-order valence-corrected chi connectivity index (χ3v) is 6.16. The van der Waals surface area contributed by atoms with Crippen molar-refractivity contribution in [2.45, 2.75) is 11.7 Å². The van der Waals surface area contributed by atoms with Crippen molar-refractivity contribution in [3.8, 4) is 11.3 Å². The second-order valence-electron chi connectivity index (χ2n) is 7.22. The Labute approximate surface area is 184 Å². The number of aryl methyl sites for hydroxylation is 1. The maximum atomic E-state index is 12.9. The molecule has 0 saturated heterocycles. The lowest BCUT2D eigenvalue weighted by atomic mass is 9.98. The lowest BCUT2D eigenvalue weighted by molar-refractivity contribution is 0.0996. The highest BCUT2D eigenvalue weighted by Crippen LogP contribution is 2.29. The molecular formula is C25H19N3O2S. The van der Waals surface area contributed by atoms with Gasteiger partial charge in [0.1, 0.15) is 0 Å². The number of anilines is 1. The van der Waals surface area contributed by atoms with E-state index < -0.39 is 0 Å². The molecule has 152 valence electrons. The van der Waals surface area contributed by atoms with Crippen LogP contribution in [0.2, 0.25) is 0 Å². The molecule has 1 aliphatic heterocycles. The quantitative estimate of drug-likeness (QED) is 0.450. The Bertz CT molecular complexity index is 1240. The Morgan fingerprint density at radius 1 is 0.871 bits per heavy atom. The predicted molar refractivity (Wildman–Crippen MR) is 123 cm³/mol. The summed E-state index contributed by atoms with van der Waals surface area (Å²) in [5.74, 6) is 0.583. The summed E-state index contributed by atoms with van der Waals surface area (Å²) in [6.07, 6.45) is 2.06. The van der Waals surface area contributed by atoms with Gasteiger partial charge in [0.25, 0.3) is 5.91 Å². The highest BCUT2D eigenvalue weighted by Gasteiger charge is 2.18. The first-order chi connectivity index (χ1) is 15.2. The van der Waals surface area contributed by atoms with E-state index >= 15 is 0 Å². The van der Waals surface area contributed by atoms with Crippen LogP contribution in [0, 0.1) is 0 Å². The predicted octanol–water partition coefficient (Wildman–Crippen LogP) is 5.14. The van der Waals surface area contributed by atoms with Crippen molar-refractivity contribution < 1.29 is 9.59 Å².